The van der Waals surface area contributed by atoms with Crippen LogP contribution in [0.25, 0.3) is 0 Å². The minimum atomic E-state index is -3.52. The van der Waals surface area contributed by atoms with E-state index in [2.05, 4.69) is 14.6 Å². The zero-order chi connectivity index (χ0) is 14.9. The third-order valence-corrected chi connectivity index (χ3v) is 5.50. The SMILES string of the molecule is CCN(CC1CCCNC1)C1=NS(=O)(=O)c2ccccc21. The summed E-state index contributed by atoms with van der Waals surface area (Å²) in [5, 5.41) is 3.41. The van der Waals surface area contributed by atoms with Crippen LogP contribution in [-0.2, 0) is 10.0 Å². The summed E-state index contributed by atoms with van der Waals surface area (Å²) in [5.41, 5.74) is 0.739. The second-order valence-corrected chi connectivity index (χ2v) is 7.21. The topological polar surface area (TPSA) is 61.8 Å². The number of hydrogen-bond acceptors (Lipinski definition) is 4. The summed E-state index contributed by atoms with van der Waals surface area (Å²) in [6, 6.07) is 7.10. The smallest absolute Gasteiger partial charge is 0.285 e. The summed E-state index contributed by atoms with van der Waals surface area (Å²) < 4.78 is 28.3. The first-order chi connectivity index (χ1) is 10.1. The van der Waals surface area contributed by atoms with E-state index < -0.39 is 10.0 Å². The van der Waals surface area contributed by atoms with Crippen molar-refractivity contribution in [1.82, 2.24) is 10.2 Å². The molecule has 0 radical (unpaired) electrons. The van der Waals surface area contributed by atoms with Crippen molar-refractivity contribution in [3.05, 3.63) is 29.8 Å². The Morgan fingerprint density at radius 3 is 2.90 bits per heavy atom. The molecule has 0 bridgehead atoms. The average molecular weight is 307 g/mol. The number of benzene rings is 1. The number of rotatable bonds is 3. The van der Waals surface area contributed by atoms with Gasteiger partial charge in [-0.2, -0.15) is 8.42 Å². The van der Waals surface area contributed by atoms with Crippen molar-refractivity contribution in [2.24, 2.45) is 10.3 Å². The van der Waals surface area contributed by atoms with Gasteiger partial charge < -0.3 is 10.2 Å². The second-order valence-electron chi connectivity index (χ2n) is 5.64. The van der Waals surface area contributed by atoms with Crippen LogP contribution in [0.5, 0.6) is 0 Å². The molecular formula is C15H21N3O2S. The predicted octanol–water partition coefficient (Wildman–Crippen LogP) is 1.46. The van der Waals surface area contributed by atoms with E-state index in [1.807, 2.05) is 19.1 Å². The van der Waals surface area contributed by atoms with Gasteiger partial charge >= 0.3 is 0 Å². The Morgan fingerprint density at radius 2 is 2.19 bits per heavy atom. The highest BCUT2D eigenvalue weighted by Gasteiger charge is 2.31. The van der Waals surface area contributed by atoms with Crippen LogP contribution in [0.1, 0.15) is 25.3 Å². The van der Waals surface area contributed by atoms with Crippen molar-refractivity contribution in [2.75, 3.05) is 26.2 Å². The maximum atomic E-state index is 12.1. The standard InChI is InChI=1S/C15H21N3O2S/c1-2-18(11-12-6-5-9-16-10-12)15-13-7-3-4-8-14(13)21(19,20)17-15/h3-4,7-8,12,16H,2,5-6,9-11H2,1H3. The molecule has 1 fully saturated rings. The molecule has 1 aromatic rings. The number of hydrogen-bond donors (Lipinski definition) is 1. The van der Waals surface area contributed by atoms with Crippen molar-refractivity contribution in [2.45, 2.75) is 24.7 Å². The van der Waals surface area contributed by atoms with E-state index in [0.717, 1.165) is 31.7 Å². The van der Waals surface area contributed by atoms with Gasteiger partial charge in [-0.15, -0.1) is 4.40 Å². The number of amidine groups is 1. The molecular weight excluding hydrogens is 286 g/mol. The van der Waals surface area contributed by atoms with E-state index in [0.29, 0.717) is 16.6 Å². The van der Waals surface area contributed by atoms with Crippen LogP contribution >= 0.6 is 0 Å². The van der Waals surface area contributed by atoms with Crippen molar-refractivity contribution in [3.63, 3.8) is 0 Å². The van der Waals surface area contributed by atoms with Gasteiger partial charge in [0.15, 0.2) is 5.84 Å². The summed E-state index contributed by atoms with van der Waals surface area (Å²) in [6.45, 7) is 5.75. The van der Waals surface area contributed by atoms with Gasteiger partial charge in [0.25, 0.3) is 10.0 Å². The first kappa shape index (κ1) is 14.5. The minimum Gasteiger partial charge on any atom is -0.355 e. The highest BCUT2D eigenvalue weighted by molar-refractivity contribution is 7.90. The molecule has 0 amide bonds. The molecule has 1 unspecified atom stereocenters. The summed E-state index contributed by atoms with van der Waals surface area (Å²) in [5.74, 6) is 1.16. The van der Waals surface area contributed by atoms with Crippen LogP contribution in [0, 0.1) is 5.92 Å². The van der Waals surface area contributed by atoms with Crippen LogP contribution < -0.4 is 5.32 Å². The molecule has 2 aliphatic rings. The van der Waals surface area contributed by atoms with Crippen LogP contribution in [0.15, 0.2) is 33.6 Å². The lowest BCUT2D eigenvalue weighted by Gasteiger charge is -2.30. The van der Waals surface area contributed by atoms with Crippen molar-refractivity contribution >= 4 is 15.9 Å². The van der Waals surface area contributed by atoms with E-state index >= 15 is 0 Å². The molecule has 0 saturated carbocycles. The molecule has 0 aliphatic carbocycles. The Labute approximate surface area is 126 Å². The minimum absolute atomic E-state index is 0.334. The number of nitrogens with one attached hydrogen (secondary N) is 1. The van der Waals surface area contributed by atoms with Crippen molar-refractivity contribution in [1.29, 1.82) is 0 Å². The van der Waals surface area contributed by atoms with Crippen LogP contribution in [0.4, 0.5) is 0 Å². The lowest BCUT2D eigenvalue weighted by molar-refractivity contribution is 0.293. The summed E-state index contributed by atoms with van der Waals surface area (Å²) >= 11 is 0. The van der Waals surface area contributed by atoms with Crippen molar-refractivity contribution < 1.29 is 8.42 Å². The second kappa shape index (κ2) is 5.77. The van der Waals surface area contributed by atoms with Crippen molar-refractivity contribution in [3.8, 4) is 0 Å². The van der Waals surface area contributed by atoms with E-state index in [9.17, 15) is 8.42 Å². The quantitative estimate of drug-likeness (QED) is 0.918. The van der Waals surface area contributed by atoms with Gasteiger partial charge in [-0.1, -0.05) is 12.1 Å². The van der Waals surface area contributed by atoms with E-state index in [-0.39, 0.29) is 0 Å². The Balaban J connectivity index is 1.87. The average Bonchev–Trinajstić information content (AvgIpc) is 2.78. The van der Waals surface area contributed by atoms with E-state index in [1.165, 1.54) is 12.8 Å². The summed E-state index contributed by atoms with van der Waals surface area (Å²) in [6.07, 6.45) is 2.37. The van der Waals surface area contributed by atoms with Crippen LogP contribution in [0.2, 0.25) is 0 Å². The number of nitrogens with zero attached hydrogens (tertiary/aromatic N) is 2. The summed E-state index contributed by atoms with van der Waals surface area (Å²) in [7, 11) is -3.52. The van der Waals surface area contributed by atoms with Gasteiger partial charge in [-0.05, 0) is 50.9 Å². The third-order valence-electron chi connectivity index (χ3n) is 4.17. The lowest BCUT2D eigenvalue weighted by Crippen LogP contribution is -2.41. The monoisotopic (exact) mass is 307 g/mol. The fraction of sp³-hybridized carbons (Fsp3) is 0.533. The first-order valence-corrected chi connectivity index (χ1v) is 8.96. The fourth-order valence-electron chi connectivity index (χ4n) is 3.07. The molecule has 1 atom stereocenters. The number of fused-ring (bicyclic) bond motifs is 1. The third kappa shape index (κ3) is 2.82. The van der Waals surface area contributed by atoms with Crippen LogP contribution in [0.3, 0.4) is 0 Å². The van der Waals surface area contributed by atoms with Gasteiger partial charge in [0.2, 0.25) is 0 Å². The fourth-order valence-corrected chi connectivity index (χ4v) is 4.30. The highest BCUT2D eigenvalue weighted by atomic mass is 32.2. The molecule has 6 heteroatoms. The Kier molecular flexibility index (Phi) is 3.99. The summed E-state index contributed by atoms with van der Waals surface area (Å²) in [4.78, 5) is 2.43. The molecule has 0 spiro atoms. The molecule has 0 aromatic heterocycles. The highest BCUT2D eigenvalue weighted by Crippen LogP contribution is 2.28. The molecule has 21 heavy (non-hydrogen) atoms. The zero-order valence-corrected chi connectivity index (χ0v) is 13.1. The van der Waals surface area contributed by atoms with Gasteiger partial charge in [0, 0.05) is 18.7 Å². The maximum absolute atomic E-state index is 12.1. The molecule has 2 aliphatic heterocycles. The molecule has 3 rings (SSSR count). The van der Waals surface area contributed by atoms with Gasteiger partial charge in [-0.3, -0.25) is 0 Å². The zero-order valence-electron chi connectivity index (χ0n) is 12.2. The number of piperidine rings is 1. The first-order valence-electron chi connectivity index (χ1n) is 7.52. The number of sulfonamides is 1. The molecule has 5 nitrogen and oxygen atoms in total. The van der Waals surface area contributed by atoms with E-state index in [4.69, 9.17) is 0 Å². The molecule has 1 aromatic carbocycles. The van der Waals surface area contributed by atoms with E-state index in [1.54, 1.807) is 12.1 Å². The Hall–Kier alpha value is -1.40. The molecule has 114 valence electrons. The Bertz CT molecular complexity index is 649. The van der Waals surface area contributed by atoms with Crippen LogP contribution in [-0.4, -0.2) is 45.3 Å². The van der Waals surface area contributed by atoms with Gasteiger partial charge in [0.1, 0.15) is 4.90 Å². The maximum Gasteiger partial charge on any atom is 0.285 e. The van der Waals surface area contributed by atoms with Gasteiger partial charge in [0.05, 0.1) is 0 Å². The predicted molar refractivity (Wildman–Crippen MR) is 83.0 cm³/mol. The molecule has 1 N–H and O–H groups in total. The normalized spacial score (nSPS) is 23.5. The lowest BCUT2D eigenvalue weighted by atomic mass is 9.98. The van der Waals surface area contributed by atoms with Gasteiger partial charge in [-0.25, -0.2) is 0 Å². The Morgan fingerprint density at radius 1 is 1.38 bits per heavy atom. The largest absolute Gasteiger partial charge is 0.355 e. The molecule has 1 saturated heterocycles. The molecule has 2 heterocycles.